The van der Waals surface area contributed by atoms with Crippen molar-refractivity contribution in [2.24, 2.45) is 4.99 Å². The van der Waals surface area contributed by atoms with Crippen molar-refractivity contribution < 1.29 is 28.7 Å². The molecule has 0 saturated heterocycles. The maximum Gasteiger partial charge on any atom is 0.413 e. The molecule has 1 rings (SSSR count). The van der Waals surface area contributed by atoms with Gasteiger partial charge in [0.25, 0.3) is 11.6 Å². The third kappa shape index (κ3) is 8.76. The lowest BCUT2D eigenvalue weighted by Gasteiger charge is -2.16. The predicted molar refractivity (Wildman–Crippen MR) is 132 cm³/mol. The van der Waals surface area contributed by atoms with E-state index >= 15 is 0 Å². The van der Waals surface area contributed by atoms with Crippen LogP contribution in [0.25, 0.3) is 0 Å². The van der Waals surface area contributed by atoms with E-state index in [1.54, 1.807) is 27.0 Å². The summed E-state index contributed by atoms with van der Waals surface area (Å²) in [6.45, 7) is 8.75. The number of hydrogen-bond donors (Lipinski definition) is 2. The minimum atomic E-state index is -0.898. The van der Waals surface area contributed by atoms with Crippen molar-refractivity contribution >= 4 is 23.9 Å². The Morgan fingerprint density at radius 3 is 2.23 bits per heavy atom. The van der Waals surface area contributed by atoms with E-state index in [0.717, 1.165) is 12.8 Å². The van der Waals surface area contributed by atoms with Gasteiger partial charge < -0.3 is 19.5 Å². The molecule has 1 aromatic carbocycles. The van der Waals surface area contributed by atoms with Crippen LogP contribution in [0.5, 0.6) is 11.5 Å². The van der Waals surface area contributed by atoms with Gasteiger partial charge in [-0.2, -0.15) is 0 Å². The van der Waals surface area contributed by atoms with E-state index in [1.165, 1.54) is 26.4 Å². The Bertz CT molecular complexity index is 1020. The molecule has 0 bridgehead atoms. The van der Waals surface area contributed by atoms with Gasteiger partial charge in [0.1, 0.15) is 18.1 Å². The predicted octanol–water partition coefficient (Wildman–Crippen LogP) is 4.76. The SMILES string of the molecule is CCC/C=N\C(C(=O)N/C(NC(=O)OCc1cc(OC)c(OC)cc1[N+](=O)[O-])=C(/C)CC)=C(C)C. The number of aliphatic imine (C=N–C) groups is 1. The first-order valence-corrected chi connectivity index (χ1v) is 11.1. The number of hydrogen-bond acceptors (Lipinski definition) is 8. The molecule has 0 unspecified atom stereocenters. The standard InChI is InChI=1S/C24H34N4O7/c1-8-10-11-25-21(15(3)4)23(29)26-22(16(5)9-2)27-24(30)35-14-17-12-19(33-6)20(34-7)13-18(17)28(31)32/h11-13H,8-10,14H2,1-7H3,(H,26,29)(H,27,30)/b22-16+,25-11-. The van der Waals surface area contributed by atoms with Crippen molar-refractivity contribution in [3.05, 3.63) is 50.5 Å². The Labute approximate surface area is 205 Å². The zero-order valence-electron chi connectivity index (χ0n) is 21.3. The monoisotopic (exact) mass is 490 g/mol. The van der Waals surface area contributed by atoms with Gasteiger partial charge in [-0.15, -0.1) is 0 Å². The number of nitrogens with one attached hydrogen (secondary N) is 2. The third-order valence-corrected chi connectivity index (χ3v) is 4.89. The Balaban J connectivity index is 3.05. The Morgan fingerprint density at radius 2 is 1.71 bits per heavy atom. The summed E-state index contributed by atoms with van der Waals surface area (Å²) in [4.78, 5) is 40.4. The van der Waals surface area contributed by atoms with E-state index in [4.69, 9.17) is 14.2 Å². The smallest absolute Gasteiger partial charge is 0.413 e. The van der Waals surface area contributed by atoms with Gasteiger partial charge in [0.05, 0.1) is 30.8 Å². The van der Waals surface area contributed by atoms with Crippen LogP contribution in [0.15, 0.2) is 39.8 Å². The molecule has 0 aliphatic carbocycles. The Kier molecular flexibility index (Phi) is 12.0. The van der Waals surface area contributed by atoms with Crippen LogP contribution in [-0.2, 0) is 16.1 Å². The molecule has 11 nitrogen and oxygen atoms in total. The van der Waals surface area contributed by atoms with Crippen LogP contribution in [0.2, 0.25) is 0 Å². The second kappa shape index (κ2) is 14.4. The first-order chi connectivity index (χ1) is 16.6. The van der Waals surface area contributed by atoms with E-state index in [2.05, 4.69) is 15.6 Å². The van der Waals surface area contributed by atoms with Crippen molar-refractivity contribution in [3.63, 3.8) is 0 Å². The third-order valence-electron chi connectivity index (χ3n) is 4.89. The van der Waals surface area contributed by atoms with Gasteiger partial charge >= 0.3 is 6.09 Å². The number of alkyl carbamates (subject to hydrolysis) is 1. The number of nitro benzene ring substituents is 1. The molecule has 0 fully saturated rings. The fourth-order valence-electron chi connectivity index (χ4n) is 2.77. The fraction of sp³-hybridized carbons (Fsp3) is 0.458. The van der Waals surface area contributed by atoms with Crippen LogP contribution in [0.4, 0.5) is 10.5 Å². The minimum absolute atomic E-state index is 0.113. The molecule has 1 aromatic rings. The quantitative estimate of drug-likeness (QED) is 0.186. The highest BCUT2D eigenvalue weighted by atomic mass is 16.6. The topological polar surface area (TPSA) is 141 Å². The summed E-state index contributed by atoms with van der Waals surface area (Å²) in [7, 11) is 2.75. The number of nitro groups is 1. The van der Waals surface area contributed by atoms with Gasteiger partial charge in [-0.3, -0.25) is 25.2 Å². The van der Waals surface area contributed by atoms with Crippen molar-refractivity contribution in [1.82, 2.24) is 10.6 Å². The molecule has 0 radical (unpaired) electrons. The normalized spacial score (nSPS) is 11.4. The first-order valence-electron chi connectivity index (χ1n) is 11.1. The summed E-state index contributed by atoms with van der Waals surface area (Å²) in [6, 6.07) is 2.57. The van der Waals surface area contributed by atoms with Gasteiger partial charge in [0.15, 0.2) is 11.5 Å². The number of carbonyl (C=O) groups is 2. The van der Waals surface area contributed by atoms with Crippen LogP contribution in [0, 0.1) is 10.1 Å². The second-order valence-corrected chi connectivity index (χ2v) is 7.71. The molecular formula is C24H34N4O7. The van der Waals surface area contributed by atoms with Gasteiger partial charge in [-0.1, -0.05) is 20.3 Å². The number of methoxy groups -OCH3 is 2. The summed E-state index contributed by atoms with van der Waals surface area (Å²) in [5.41, 5.74) is 1.48. The van der Waals surface area contributed by atoms with Gasteiger partial charge in [-0.05, 0) is 50.8 Å². The molecule has 0 saturated carbocycles. The molecule has 2 N–H and O–H groups in total. The lowest BCUT2D eigenvalue weighted by atomic mass is 10.1. The number of allylic oxidation sites excluding steroid dienone is 2. The highest BCUT2D eigenvalue weighted by Crippen LogP contribution is 2.34. The maximum absolute atomic E-state index is 12.8. The molecule has 35 heavy (non-hydrogen) atoms. The molecule has 0 aliphatic heterocycles. The lowest BCUT2D eigenvalue weighted by Crippen LogP contribution is -2.37. The highest BCUT2D eigenvalue weighted by molar-refractivity contribution is 5.96. The average Bonchev–Trinajstić information content (AvgIpc) is 2.83. The van der Waals surface area contributed by atoms with E-state index in [0.29, 0.717) is 17.6 Å². The minimum Gasteiger partial charge on any atom is -0.493 e. The molecule has 0 aromatic heterocycles. The van der Waals surface area contributed by atoms with Crippen LogP contribution in [0.3, 0.4) is 0 Å². The molecule has 11 heteroatoms. The van der Waals surface area contributed by atoms with Gasteiger partial charge in [-0.25, -0.2) is 4.79 Å². The van der Waals surface area contributed by atoms with Crippen molar-refractivity contribution in [3.8, 4) is 11.5 Å². The summed E-state index contributed by atoms with van der Waals surface area (Å²) in [5.74, 6) is 0.116. The number of benzene rings is 1. The molecule has 0 aliphatic rings. The van der Waals surface area contributed by atoms with Crippen LogP contribution < -0.4 is 20.1 Å². The average molecular weight is 491 g/mol. The number of amides is 2. The first kappa shape index (κ1) is 29.1. The highest BCUT2D eigenvalue weighted by Gasteiger charge is 2.21. The van der Waals surface area contributed by atoms with E-state index in [9.17, 15) is 19.7 Å². The lowest BCUT2D eigenvalue weighted by molar-refractivity contribution is -0.385. The van der Waals surface area contributed by atoms with Crippen LogP contribution >= 0.6 is 0 Å². The molecule has 2 amide bonds. The van der Waals surface area contributed by atoms with Crippen molar-refractivity contribution in [2.45, 2.75) is 60.5 Å². The zero-order chi connectivity index (χ0) is 26.5. The summed E-state index contributed by atoms with van der Waals surface area (Å²) >= 11 is 0. The molecule has 192 valence electrons. The molecule has 0 atom stereocenters. The van der Waals surface area contributed by atoms with E-state index < -0.39 is 23.5 Å². The van der Waals surface area contributed by atoms with Crippen molar-refractivity contribution in [1.29, 1.82) is 0 Å². The van der Waals surface area contributed by atoms with Crippen LogP contribution in [0.1, 0.15) is 59.4 Å². The Hall–Kier alpha value is -3.89. The van der Waals surface area contributed by atoms with Gasteiger partial charge in [0.2, 0.25) is 0 Å². The molecular weight excluding hydrogens is 456 g/mol. The zero-order valence-corrected chi connectivity index (χ0v) is 21.3. The maximum atomic E-state index is 12.8. The summed E-state index contributed by atoms with van der Waals surface area (Å²) in [6.07, 6.45) is 2.95. The Morgan fingerprint density at radius 1 is 1.09 bits per heavy atom. The fourth-order valence-corrected chi connectivity index (χ4v) is 2.77. The number of unbranched alkanes of at least 4 members (excludes halogenated alkanes) is 1. The number of carbonyl (C=O) groups excluding carboxylic acids is 2. The van der Waals surface area contributed by atoms with E-state index in [-0.39, 0.29) is 34.3 Å². The number of nitrogens with zero attached hydrogens (tertiary/aromatic N) is 2. The van der Waals surface area contributed by atoms with E-state index in [1.807, 2.05) is 13.8 Å². The summed E-state index contributed by atoms with van der Waals surface area (Å²) in [5, 5.41) is 16.7. The largest absolute Gasteiger partial charge is 0.493 e. The summed E-state index contributed by atoms with van der Waals surface area (Å²) < 4.78 is 15.5. The second-order valence-electron chi connectivity index (χ2n) is 7.71. The molecule has 0 spiro atoms. The number of ether oxygens (including phenoxy) is 3. The number of rotatable bonds is 12. The van der Waals surface area contributed by atoms with Crippen molar-refractivity contribution in [2.75, 3.05) is 14.2 Å². The van der Waals surface area contributed by atoms with Crippen LogP contribution in [-0.4, -0.2) is 37.4 Å². The molecule has 0 heterocycles. The van der Waals surface area contributed by atoms with Gasteiger partial charge in [0, 0.05) is 6.21 Å².